The van der Waals surface area contributed by atoms with Gasteiger partial charge in [-0.3, -0.25) is 19.3 Å². The number of piperidine rings is 1. The summed E-state index contributed by atoms with van der Waals surface area (Å²) >= 11 is 6.98. The van der Waals surface area contributed by atoms with Crippen molar-refractivity contribution in [1.82, 2.24) is 9.80 Å². The highest BCUT2D eigenvalue weighted by Crippen LogP contribution is 2.33. The molecule has 1 N–H and O–H groups in total. The molecule has 3 rings (SSSR count). The predicted octanol–water partition coefficient (Wildman–Crippen LogP) is 3.53. The lowest BCUT2D eigenvalue weighted by Crippen LogP contribution is -2.45. The van der Waals surface area contributed by atoms with E-state index in [1.54, 1.807) is 29.2 Å². The van der Waals surface area contributed by atoms with Crippen LogP contribution < -0.4 is 0 Å². The van der Waals surface area contributed by atoms with Gasteiger partial charge in [-0.1, -0.05) is 29.8 Å². The van der Waals surface area contributed by atoms with Gasteiger partial charge in [-0.05, 0) is 55.2 Å². The summed E-state index contributed by atoms with van der Waals surface area (Å²) in [6.45, 7) is 0.772. The Labute approximate surface area is 173 Å². The van der Waals surface area contributed by atoms with Gasteiger partial charge in [-0.2, -0.15) is 0 Å². The van der Waals surface area contributed by atoms with E-state index < -0.39 is 5.91 Å². The van der Waals surface area contributed by atoms with E-state index in [-0.39, 0.29) is 36.8 Å². The van der Waals surface area contributed by atoms with Gasteiger partial charge < -0.3 is 10.0 Å². The Hall–Kier alpha value is -1.83. The number of hydrogen-bond donors (Lipinski definition) is 1. The summed E-state index contributed by atoms with van der Waals surface area (Å²) in [7, 11) is 0. The van der Waals surface area contributed by atoms with Crippen molar-refractivity contribution in [3.8, 4) is 0 Å². The molecule has 150 valence electrons. The number of thioether (sulfide) groups is 1. The van der Waals surface area contributed by atoms with Crippen LogP contribution in [0.15, 0.2) is 29.2 Å². The number of nitrogens with zero attached hydrogens (tertiary/aromatic N) is 2. The standard InChI is InChI=1S/C20H23ClN2O4S/c21-16-7-2-1-5-14(16)13-17-19(26)23(20(27)28-17)11-8-18(25)22-10-4-3-6-15(22)9-12-24/h1-2,5,7,13,15,24H,3-4,6,8-12H2. The number of carbonyl (C=O) groups is 3. The summed E-state index contributed by atoms with van der Waals surface area (Å²) in [5.74, 6) is -0.472. The maximum Gasteiger partial charge on any atom is 0.293 e. The monoisotopic (exact) mass is 422 g/mol. The highest BCUT2D eigenvalue weighted by molar-refractivity contribution is 8.18. The van der Waals surface area contributed by atoms with E-state index in [9.17, 15) is 19.5 Å². The summed E-state index contributed by atoms with van der Waals surface area (Å²) in [6.07, 6.45) is 5.14. The Morgan fingerprint density at radius 2 is 2.07 bits per heavy atom. The maximum absolute atomic E-state index is 12.6. The van der Waals surface area contributed by atoms with E-state index in [1.807, 2.05) is 6.07 Å². The number of rotatable bonds is 6. The number of likely N-dealkylation sites (tertiary alicyclic amines) is 1. The molecular formula is C20H23ClN2O4S. The molecule has 1 unspecified atom stereocenters. The van der Waals surface area contributed by atoms with Crippen LogP contribution in [0.5, 0.6) is 0 Å². The molecular weight excluding hydrogens is 400 g/mol. The van der Waals surface area contributed by atoms with Gasteiger partial charge in [0.1, 0.15) is 0 Å². The number of aliphatic hydroxyl groups is 1. The van der Waals surface area contributed by atoms with Crippen LogP contribution >= 0.6 is 23.4 Å². The summed E-state index contributed by atoms with van der Waals surface area (Å²) in [5.41, 5.74) is 0.672. The van der Waals surface area contributed by atoms with Gasteiger partial charge in [0.05, 0.1) is 4.91 Å². The molecule has 3 amide bonds. The third-order valence-corrected chi connectivity index (χ3v) is 6.28. The van der Waals surface area contributed by atoms with Gasteiger partial charge in [0.15, 0.2) is 0 Å². The Kier molecular flexibility index (Phi) is 7.15. The molecule has 6 nitrogen and oxygen atoms in total. The van der Waals surface area contributed by atoms with Crippen LogP contribution in [-0.4, -0.2) is 57.7 Å². The molecule has 2 fully saturated rings. The number of carbonyl (C=O) groups excluding carboxylic acids is 3. The highest BCUT2D eigenvalue weighted by Gasteiger charge is 2.36. The van der Waals surface area contributed by atoms with Gasteiger partial charge in [-0.15, -0.1) is 0 Å². The second-order valence-corrected chi connectivity index (χ2v) is 8.25. The maximum atomic E-state index is 12.6. The first-order chi connectivity index (χ1) is 13.5. The third-order valence-electron chi connectivity index (χ3n) is 5.02. The Balaban J connectivity index is 1.63. The van der Waals surface area contributed by atoms with Crippen LogP contribution in [0.1, 0.15) is 37.7 Å². The number of imide groups is 1. The Morgan fingerprint density at radius 3 is 2.82 bits per heavy atom. The van der Waals surface area contributed by atoms with Crippen molar-refractivity contribution in [1.29, 1.82) is 0 Å². The van der Waals surface area contributed by atoms with Crippen molar-refractivity contribution in [2.24, 2.45) is 0 Å². The molecule has 1 aromatic rings. The van der Waals surface area contributed by atoms with E-state index >= 15 is 0 Å². The van der Waals surface area contributed by atoms with Crippen LogP contribution in [0.3, 0.4) is 0 Å². The predicted molar refractivity (Wildman–Crippen MR) is 110 cm³/mol. The minimum absolute atomic E-state index is 0.0429. The van der Waals surface area contributed by atoms with Crippen LogP contribution in [0.25, 0.3) is 6.08 Å². The molecule has 8 heteroatoms. The summed E-state index contributed by atoms with van der Waals surface area (Å²) in [6, 6.07) is 7.14. The largest absolute Gasteiger partial charge is 0.396 e. The average Bonchev–Trinajstić information content (AvgIpc) is 2.95. The van der Waals surface area contributed by atoms with Gasteiger partial charge in [0.25, 0.3) is 11.1 Å². The van der Waals surface area contributed by atoms with Crippen molar-refractivity contribution in [2.45, 2.75) is 38.1 Å². The molecule has 2 heterocycles. The van der Waals surface area contributed by atoms with E-state index in [0.717, 1.165) is 35.9 Å². The summed E-state index contributed by atoms with van der Waals surface area (Å²) in [5, 5.41) is 9.34. The zero-order valence-corrected chi connectivity index (χ0v) is 17.0. The molecule has 0 aromatic heterocycles. The molecule has 28 heavy (non-hydrogen) atoms. The molecule has 0 radical (unpaired) electrons. The number of benzene rings is 1. The number of halogens is 1. The molecule has 2 aliphatic rings. The van der Waals surface area contributed by atoms with Crippen LogP contribution in [0.2, 0.25) is 5.02 Å². The van der Waals surface area contributed by atoms with E-state index in [1.165, 1.54) is 0 Å². The molecule has 1 atom stereocenters. The number of amides is 3. The summed E-state index contributed by atoms with van der Waals surface area (Å²) in [4.78, 5) is 40.7. The van der Waals surface area contributed by atoms with Crippen molar-refractivity contribution >= 4 is 46.5 Å². The molecule has 1 aromatic carbocycles. The summed E-state index contributed by atoms with van der Waals surface area (Å²) < 4.78 is 0. The number of hydrogen-bond acceptors (Lipinski definition) is 5. The van der Waals surface area contributed by atoms with Crippen molar-refractivity contribution in [3.05, 3.63) is 39.8 Å². The van der Waals surface area contributed by atoms with Crippen molar-refractivity contribution in [3.63, 3.8) is 0 Å². The zero-order chi connectivity index (χ0) is 20.1. The van der Waals surface area contributed by atoms with E-state index in [4.69, 9.17) is 11.6 Å². The lowest BCUT2D eigenvalue weighted by molar-refractivity contribution is -0.135. The molecule has 2 saturated heterocycles. The highest BCUT2D eigenvalue weighted by atomic mass is 35.5. The molecule has 0 spiro atoms. The molecule has 0 bridgehead atoms. The first-order valence-corrected chi connectivity index (χ1v) is 10.6. The van der Waals surface area contributed by atoms with Crippen molar-refractivity contribution < 1.29 is 19.5 Å². The van der Waals surface area contributed by atoms with Crippen LogP contribution in [-0.2, 0) is 9.59 Å². The van der Waals surface area contributed by atoms with E-state index in [2.05, 4.69) is 0 Å². The lowest BCUT2D eigenvalue weighted by atomic mass is 9.99. The Morgan fingerprint density at radius 1 is 1.29 bits per heavy atom. The topological polar surface area (TPSA) is 77.9 Å². The average molecular weight is 423 g/mol. The Bertz CT molecular complexity index is 796. The smallest absolute Gasteiger partial charge is 0.293 e. The van der Waals surface area contributed by atoms with Crippen LogP contribution in [0, 0.1) is 0 Å². The second-order valence-electron chi connectivity index (χ2n) is 6.85. The van der Waals surface area contributed by atoms with Gasteiger partial charge in [0, 0.05) is 37.2 Å². The first-order valence-electron chi connectivity index (χ1n) is 9.41. The van der Waals surface area contributed by atoms with E-state index in [0.29, 0.717) is 28.5 Å². The molecule has 2 aliphatic heterocycles. The minimum Gasteiger partial charge on any atom is -0.396 e. The fourth-order valence-corrected chi connectivity index (χ4v) is 4.60. The second kappa shape index (κ2) is 9.58. The molecule has 0 aliphatic carbocycles. The SMILES string of the molecule is O=C1SC(=Cc2ccccc2Cl)C(=O)N1CCC(=O)N1CCCCC1CCO. The lowest BCUT2D eigenvalue weighted by Gasteiger charge is -2.36. The van der Waals surface area contributed by atoms with Crippen molar-refractivity contribution in [2.75, 3.05) is 19.7 Å². The fourth-order valence-electron chi connectivity index (χ4n) is 3.56. The van der Waals surface area contributed by atoms with Gasteiger partial charge in [-0.25, -0.2) is 0 Å². The third kappa shape index (κ3) is 4.77. The quantitative estimate of drug-likeness (QED) is 0.709. The van der Waals surface area contributed by atoms with Gasteiger partial charge >= 0.3 is 0 Å². The first kappa shape index (κ1) is 20.9. The fraction of sp³-hybridized carbons (Fsp3) is 0.450. The van der Waals surface area contributed by atoms with Gasteiger partial charge in [0.2, 0.25) is 5.91 Å². The molecule has 0 saturated carbocycles. The normalized spacial score (nSPS) is 21.6. The van der Waals surface area contributed by atoms with Crippen LogP contribution in [0.4, 0.5) is 4.79 Å². The zero-order valence-electron chi connectivity index (χ0n) is 15.5. The minimum atomic E-state index is -0.395. The number of aliphatic hydroxyl groups excluding tert-OH is 1.